The molecule has 1 amide bonds. The van der Waals surface area contributed by atoms with Crippen molar-refractivity contribution >= 4 is 17.4 Å². The van der Waals surface area contributed by atoms with Gasteiger partial charge in [-0.25, -0.2) is 4.98 Å². The highest BCUT2D eigenvalue weighted by Crippen LogP contribution is 2.48. The molecule has 1 aliphatic heterocycles. The molecule has 0 aromatic carbocycles. The Kier molecular flexibility index (Phi) is 3.32. The molecule has 0 spiro atoms. The summed E-state index contributed by atoms with van der Waals surface area (Å²) in [5, 5.41) is 3.07. The first-order chi connectivity index (χ1) is 10.3. The fourth-order valence-corrected chi connectivity index (χ4v) is 4.39. The molecular formula is C17H23N3O. The van der Waals surface area contributed by atoms with Gasteiger partial charge in [-0.05, 0) is 56.1 Å². The number of carbonyl (C=O) groups is 1. The van der Waals surface area contributed by atoms with Gasteiger partial charge in [0.2, 0.25) is 5.91 Å². The minimum Gasteiger partial charge on any atom is -0.357 e. The summed E-state index contributed by atoms with van der Waals surface area (Å²) in [4.78, 5) is 19.2. The first-order valence-electron chi connectivity index (χ1n) is 8.31. The van der Waals surface area contributed by atoms with E-state index in [4.69, 9.17) is 0 Å². The van der Waals surface area contributed by atoms with Crippen LogP contribution in [-0.4, -0.2) is 24.0 Å². The summed E-state index contributed by atoms with van der Waals surface area (Å²) in [6.07, 6.45) is 9.25. The minimum absolute atomic E-state index is 0.206. The number of carbonyl (C=O) groups excluding carboxylic acids is 1. The largest absolute Gasteiger partial charge is 0.357 e. The van der Waals surface area contributed by atoms with E-state index in [2.05, 4.69) is 15.2 Å². The van der Waals surface area contributed by atoms with E-state index in [1.807, 2.05) is 12.1 Å². The van der Waals surface area contributed by atoms with Gasteiger partial charge in [0.15, 0.2) is 0 Å². The molecule has 2 saturated carbocycles. The van der Waals surface area contributed by atoms with Crippen LogP contribution in [0.5, 0.6) is 0 Å². The van der Waals surface area contributed by atoms with Crippen molar-refractivity contribution in [2.75, 3.05) is 23.3 Å². The molecule has 21 heavy (non-hydrogen) atoms. The van der Waals surface area contributed by atoms with Crippen LogP contribution in [-0.2, 0) is 4.79 Å². The second kappa shape index (κ2) is 5.32. The summed E-state index contributed by atoms with van der Waals surface area (Å²) in [6.45, 7) is 2.20. The van der Waals surface area contributed by atoms with Crippen LogP contribution in [0.25, 0.3) is 0 Å². The summed E-state index contributed by atoms with van der Waals surface area (Å²) >= 11 is 0. The van der Waals surface area contributed by atoms with Crippen molar-refractivity contribution in [1.82, 2.24) is 4.98 Å². The van der Waals surface area contributed by atoms with E-state index >= 15 is 0 Å². The van der Waals surface area contributed by atoms with Crippen molar-refractivity contribution in [2.45, 2.75) is 38.5 Å². The molecule has 2 bridgehead atoms. The van der Waals surface area contributed by atoms with Gasteiger partial charge in [-0.2, -0.15) is 0 Å². The van der Waals surface area contributed by atoms with E-state index in [0.29, 0.717) is 5.92 Å². The number of nitrogens with zero attached hydrogens (tertiary/aromatic N) is 2. The second-order valence-electron chi connectivity index (χ2n) is 6.87. The highest BCUT2D eigenvalue weighted by Gasteiger charge is 2.43. The molecular weight excluding hydrogens is 262 g/mol. The first kappa shape index (κ1) is 13.1. The van der Waals surface area contributed by atoms with Crippen LogP contribution >= 0.6 is 0 Å². The number of nitrogens with one attached hydrogen (secondary N) is 1. The zero-order chi connectivity index (χ0) is 14.2. The second-order valence-corrected chi connectivity index (χ2v) is 6.87. The first-order valence-corrected chi connectivity index (χ1v) is 8.31. The predicted molar refractivity (Wildman–Crippen MR) is 83.3 cm³/mol. The highest BCUT2D eigenvalue weighted by atomic mass is 16.1. The van der Waals surface area contributed by atoms with E-state index < -0.39 is 0 Å². The Morgan fingerprint density at radius 3 is 2.67 bits per heavy atom. The molecule has 1 aromatic rings. The molecule has 3 unspecified atom stereocenters. The van der Waals surface area contributed by atoms with E-state index in [-0.39, 0.29) is 11.8 Å². The molecule has 4 nitrogen and oxygen atoms in total. The van der Waals surface area contributed by atoms with Crippen molar-refractivity contribution in [1.29, 1.82) is 0 Å². The molecule has 1 N–H and O–H groups in total. The Balaban J connectivity index is 1.39. The number of anilines is 2. The molecule has 112 valence electrons. The van der Waals surface area contributed by atoms with Crippen LogP contribution in [0.1, 0.15) is 38.5 Å². The third-order valence-electron chi connectivity index (χ3n) is 5.52. The average Bonchev–Trinajstić information content (AvgIpc) is 3.25. The standard InChI is InChI=1S/C17H23N3O/c21-17(15-10-12-3-4-13(15)9-12)19-14-5-6-16(18-11-14)20-7-1-2-8-20/h5-6,11-13,15H,1-4,7-10H2,(H,19,21). The van der Waals surface area contributed by atoms with Crippen molar-refractivity contribution in [3.63, 3.8) is 0 Å². The Morgan fingerprint density at radius 1 is 1.19 bits per heavy atom. The number of hydrogen-bond acceptors (Lipinski definition) is 3. The summed E-state index contributed by atoms with van der Waals surface area (Å²) in [7, 11) is 0. The van der Waals surface area contributed by atoms with Crippen LogP contribution in [0.4, 0.5) is 11.5 Å². The fraction of sp³-hybridized carbons (Fsp3) is 0.647. The number of hydrogen-bond donors (Lipinski definition) is 1. The van der Waals surface area contributed by atoms with Gasteiger partial charge in [-0.15, -0.1) is 0 Å². The fourth-order valence-electron chi connectivity index (χ4n) is 4.39. The maximum Gasteiger partial charge on any atom is 0.227 e. The van der Waals surface area contributed by atoms with Gasteiger partial charge in [0.25, 0.3) is 0 Å². The lowest BCUT2D eigenvalue weighted by atomic mass is 9.88. The summed E-state index contributed by atoms with van der Waals surface area (Å²) < 4.78 is 0. The molecule has 3 fully saturated rings. The van der Waals surface area contributed by atoms with Crippen LogP contribution in [0, 0.1) is 17.8 Å². The maximum atomic E-state index is 12.4. The lowest BCUT2D eigenvalue weighted by Gasteiger charge is -2.21. The zero-order valence-corrected chi connectivity index (χ0v) is 12.4. The SMILES string of the molecule is O=C(Nc1ccc(N2CCCC2)nc1)C1CC2CCC1C2. The van der Waals surface area contributed by atoms with Crippen LogP contribution < -0.4 is 10.2 Å². The minimum atomic E-state index is 0.206. The molecule has 1 aromatic heterocycles. The zero-order valence-electron chi connectivity index (χ0n) is 12.4. The lowest BCUT2D eigenvalue weighted by Crippen LogP contribution is -2.27. The Bertz CT molecular complexity index is 521. The lowest BCUT2D eigenvalue weighted by molar-refractivity contribution is -0.121. The smallest absolute Gasteiger partial charge is 0.227 e. The molecule has 4 rings (SSSR count). The highest BCUT2D eigenvalue weighted by molar-refractivity contribution is 5.93. The molecule has 2 heterocycles. The van der Waals surface area contributed by atoms with Gasteiger partial charge in [0.05, 0.1) is 11.9 Å². The molecule has 3 atom stereocenters. The van der Waals surface area contributed by atoms with Gasteiger partial charge >= 0.3 is 0 Å². The quantitative estimate of drug-likeness (QED) is 0.928. The van der Waals surface area contributed by atoms with Gasteiger partial charge in [-0.1, -0.05) is 6.42 Å². The van der Waals surface area contributed by atoms with Gasteiger partial charge in [0, 0.05) is 19.0 Å². The Morgan fingerprint density at radius 2 is 2.05 bits per heavy atom. The van der Waals surface area contributed by atoms with Crippen LogP contribution in [0.15, 0.2) is 18.3 Å². The maximum absolute atomic E-state index is 12.4. The van der Waals surface area contributed by atoms with Gasteiger partial charge in [0.1, 0.15) is 5.82 Å². The van der Waals surface area contributed by atoms with Gasteiger partial charge < -0.3 is 10.2 Å². The molecule has 0 radical (unpaired) electrons. The van der Waals surface area contributed by atoms with E-state index in [1.165, 1.54) is 32.1 Å². The number of rotatable bonds is 3. The number of amides is 1. The monoisotopic (exact) mass is 285 g/mol. The van der Waals surface area contributed by atoms with Crippen LogP contribution in [0.3, 0.4) is 0 Å². The molecule has 1 saturated heterocycles. The number of aromatic nitrogens is 1. The molecule has 2 aliphatic carbocycles. The van der Waals surface area contributed by atoms with Gasteiger partial charge in [-0.3, -0.25) is 4.79 Å². The summed E-state index contributed by atoms with van der Waals surface area (Å²) in [5.74, 6) is 2.92. The number of pyridine rings is 1. The van der Waals surface area contributed by atoms with E-state index in [9.17, 15) is 4.79 Å². The van der Waals surface area contributed by atoms with Crippen molar-refractivity contribution in [3.05, 3.63) is 18.3 Å². The summed E-state index contributed by atoms with van der Waals surface area (Å²) in [6, 6.07) is 4.02. The molecule has 4 heteroatoms. The summed E-state index contributed by atoms with van der Waals surface area (Å²) in [5.41, 5.74) is 0.839. The van der Waals surface area contributed by atoms with Crippen molar-refractivity contribution in [2.24, 2.45) is 17.8 Å². The third-order valence-corrected chi connectivity index (χ3v) is 5.52. The Hall–Kier alpha value is -1.58. The Labute approximate surface area is 125 Å². The van der Waals surface area contributed by atoms with E-state index in [0.717, 1.165) is 36.9 Å². The van der Waals surface area contributed by atoms with Crippen molar-refractivity contribution < 1.29 is 4.79 Å². The number of fused-ring (bicyclic) bond motifs is 2. The van der Waals surface area contributed by atoms with Crippen LogP contribution in [0.2, 0.25) is 0 Å². The predicted octanol–water partition coefficient (Wildman–Crippen LogP) is 3.06. The molecule has 3 aliphatic rings. The topological polar surface area (TPSA) is 45.2 Å². The normalized spacial score (nSPS) is 30.9. The average molecular weight is 285 g/mol. The van der Waals surface area contributed by atoms with E-state index in [1.54, 1.807) is 6.20 Å². The van der Waals surface area contributed by atoms with Crippen molar-refractivity contribution in [3.8, 4) is 0 Å². The third kappa shape index (κ3) is 2.52.